The second-order valence-corrected chi connectivity index (χ2v) is 5.20. The Hall–Kier alpha value is -1.98. The summed E-state index contributed by atoms with van der Waals surface area (Å²) in [6.07, 6.45) is 2.05. The molecule has 5 nitrogen and oxygen atoms in total. The van der Waals surface area contributed by atoms with Crippen LogP contribution in [0, 0.1) is 5.82 Å². The largest absolute Gasteiger partial charge is 0.505 e. The summed E-state index contributed by atoms with van der Waals surface area (Å²) in [4.78, 5) is 11.6. The van der Waals surface area contributed by atoms with Crippen molar-refractivity contribution in [3.05, 3.63) is 17.4 Å². The predicted molar refractivity (Wildman–Crippen MR) is 66.8 cm³/mol. The van der Waals surface area contributed by atoms with Gasteiger partial charge in [0.2, 0.25) is 0 Å². The Morgan fingerprint density at radius 2 is 1.95 bits per heavy atom. The topological polar surface area (TPSA) is 76.0 Å². The SMILES string of the molecule is O=C(O)C1(c2c(O)c(F)cc3c2OCCCO3)CCC1. The standard InChI is InChI=1S/C14H15FO5/c15-8-7-9-12(20-6-2-5-19-9)10(11(8)16)14(13(17)18)3-1-4-14/h7,16H,1-6H2,(H,17,18). The molecule has 3 rings (SSSR count). The van der Waals surface area contributed by atoms with Crippen molar-refractivity contribution in [3.63, 3.8) is 0 Å². The van der Waals surface area contributed by atoms with Gasteiger partial charge in [-0.25, -0.2) is 4.39 Å². The molecule has 0 bridgehead atoms. The first-order valence-corrected chi connectivity index (χ1v) is 6.61. The number of benzene rings is 1. The molecule has 1 aliphatic heterocycles. The monoisotopic (exact) mass is 282 g/mol. The molecule has 1 aliphatic carbocycles. The van der Waals surface area contributed by atoms with Crippen LogP contribution in [0.15, 0.2) is 6.07 Å². The molecule has 0 amide bonds. The minimum absolute atomic E-state index is 0.0214. The van der Waals surface area contributed by atoms with Crippen LogP contribution < -0.4 is 9.47 Å². The van der Waals surface area contributed by atoms with Crippen molar-refractivity contribution in [3.8, 4) is 17.2 Å². The Labute approximate surface area is 114 Å². The van der Waals surface area contributed by atoms with E-state index in [1.54, 1.807) is 0 Å². The van der Waals surface area contributed by atoms with E-state index in [1.807, 2.05) is 0 Å². The molecule has 0 atom stereocenters. The van der Waals surface area contributed by atoms with Gasteiger partial charge in [-0.05, 0) is 12.8 Å². The molecule has 1 aromatic rings. The minimum Gasteiger partial charge on any atom is -0.505 e. The number of aliphatic carboxylic acids is 1. The van der Waals surface area contributed by atoms with E-state index in [9.17, 15) is 19.4 Å². The van der Waals surface area contributed by atoms with Crippen molar-refractivity contribution >= 4 is 5.97 Å². The molecule has 1 saturated carbocycles. The number of hydrogen-bond donors (Lipinski definition) is 2. The van der Waals surface area contributed by atoms with Crippen molar-refractivity contribution in [2.24, 2.45) is 0 Å². The average molecular weight is 282 g/mol. The van der Waals surface area contributed by atoms with Crippen molar-refractivity contribution in [2.45, 2.75) is 31.1 Å². The lowest BCUT2D eigenvalue weighted by molar-refractivity contribution is -0.147. The van der Waals surface area contributed by atoms with Gasteiger partial charge in [0.15, 0.2) is 23.1 Å². The Kier molecular flexibility index (Phi) is 2.96. The number of fused-ring (bicyclic) bond motifs is 1. The third kappa shape index (κ3) is 1.71. The number of phenolic OH excluding ortho intramolecular Hbond substituents is 1. The summed E-state index contributed by atoms with van der Waals surface area (Å²) in [6, 6.07) is 1.05. The van der Waals surface area contributed by atoms with Gasteiger partial charge in [0, 0.05) is 12.5 Å². The number of ether oxygens (including phenoxy) is 2. The third-order valence-electron chi connectivity index (χ3n) is 4.06. The van der Waals surface area contributed by atoms with E-state index in [0.29, 0.717) is 32.5 Å². The molecule has 2 aliphatic rings. The molecule has 0 radical (unpaired) electrons. The lowest BCUT2D eigenvalue weighted by Gasteiger charge is -2.39. The first-order valence-electron chi connectivity index (χ1n) is 6.61. The molecule has 6 heteroatoms. The summed E-state index contributed by atoms with van der Waals surface area (Å²) in [5.41, 5.74) is -1.25. The Balaban J connectivity index is 2.23. The molecule has 0 saturated heterocycles. The zero-order valence-electron chi connectivity index (χ0n) is 10.8. The Morgan fingerprint density at radius 3 is 2.55 bits per heavy atom. The van der Waals surface area contributed by atoms with E-state index in [2.05, 4.69) is 0 Å². The number of carboxylic acid groups (broad SMARTS) is 1. The molecule has 20 heavy (non-hydrogen) atoms. The summed E-state index contributed by atoms with van der Waals surface area (Å²) in [7, 11) is 0. The second-order valence-electron chi connectivity index (χ2n) is 5.20. The van der Waals surface area contributed by atoms with Gasteiger partial charge in [0.1, 0.15) is 5.41 Å². The van der Waals surface area contributed by atoms with Gasteiger partial charge in [0.05, 0.1) is 18.8 Å². The van der Waals surface area contributed by atoms with E-state index in [-0.39, 0.29) is 17.1 Å². The first-order chi connectivity index (χ1) is 9.56. The fourth-order valence-corrected chi connectivity index (χ4v) is 2.81. The summed E-state index contributed by atoms with van der Waals surface area (Å²) in [5, 5.41) is 19.5. The molecule has 108 valence electrons. The second kappa shape index (κ2) is 4.54. The summed E-state index contributed by atoms with van der Waals surface area (Å²) >= 11 is 0. The van der Waals surface area contributed by atoms with Crippen LogP contribution in [0.1, 0.15) is 31.2 Å². The summed E-state index contributed by atoms with van der Waals surface area (Å²) in [5.74, 6) is -2.25. The molecule has 1 aromatic carbocycles. The summed E-state index contributed by atoms with van der Waals surface area (Å²) in [6.45, 7) is 0.720. The normalized spacial score (nSPS) is 19.9. The number of carbonyl (C=O) groups is 1. The molecular weight excluding hydrogens is 267 g/mol. The van der Waals surface area contributed by atoms with Crippen LogP contribution in [0.4, 0.5) is 4.39 Å². The van der Waals surface area contributed by atoms with Crippen LogP contribution >= 0.6 is 0 Å². The van der Waals surface area contributed by atoms with Gasteiger partial charge < -0.3 is 19.7 Å². The zero-order valence-corrected chi connectivity index (χ0v) is 10.8. The average Bonchev–Trinajstić information content (AvgIpc) is 2.57. The third-order valence-corrected chi connectivity index (χ3v) is 4.06. The summed E-state index contributed by atoms with van der Waals surface area (Å²) < 4.78 is 24.8. The van der Waals surface area contributed by atoms with Gasteiger partial charge in [-0.1, -0.05) is 6.42 Å². The van der Waals surface area contributed by atoms with Crippen LogP contribution in [0.2, 0.25) is 0 Å². The van der Waals surface area contributed by atoms with Crippen molar-refractivity contribution in [1.82, 2.24) is 0 Å². The number of rotatable bonds is 2. The molecule has 0 unspecified atom stereocenters. The maximum absolute atomic E-state index is 13.9. The smallest absolute Gasteiger partial charge is 0.314 e. The highest BCUT2D eigenvalue weighted by Crippen LogP contribution is 2.54. The minimum atomic E-state index is -1.27. The quantitative estimate of drug-likeness (QED) is 0.869. The Bertz CT molecular complexity index is 565. The predicted octanol–water partition coefficient (Wildman–Crippen LogP) is 2.20. The van der Waals surface area contributed by atoms with Crippen LogP contribution in [0.3, 0.4) is 0 Å². The fourth-order valence-electron chi connectivity index (χ4n) is 2.81. The van der Waals surface area contributed by atoms with Crippen molar-refractivity contribution in [1.29, 1.82) is 0 Å². The molecule has 0 spiro atoms. The van der Waals surface area contributed by atoms with E-state index < -0.39 is 23.0 Å². The fraction of sp³-hybridized carbons (Fsp3) is 0.500. The maximum Gasteiger partial charge on any atom is 0.314 e. The molecular formula is C14H15FO5. The zero-order chi connectivity index (χ0) is 14.3. The van der Waals surface area contributed by atoms with E-state index in [1.165, 1.54) is 0 Å². The van der Waals surface area contributed by atoms with Crippen LogP contribution in [-0.4, -0.2) is 29.4 Å². The lowest BCUT2D eigenvalue weighted by atomic mass is 9.64. The number of aromatic hydroxyl groups is 1. The Morgan fingerprint density at radius 1 is 1.25 bits per heavy atom. The van der Waals surface area contributed by atoms with Gasteiger partial charge in [-0.15, -0.1) is 0 Å². The molecule has 1 heterocycles. The highest BCUT2D eigenvalue weighted by molar-refractivity contribution is 5.85. The van der Waals surface area contributed by atoms with Crippen LogP contribution in [0.5, 0.6) is 17.2 Å². The van der Waals surface area contributed by atoms with E-state index in [4.69, 9.17) is 9.47 Å². The highest BCUT2D eigenvalue weighted by Gasteiger charge is 2.51. The van der Waals surface area contributed by atoms with Gasteiger partial charge in [0.25, 0.3) is 0 Å². The van der Waals surface area contributed by atoms with E-state index >= 15 is 0 Å². The highest BCUT2D eigenvalue weighted by atomic mass is 19.1. The lowest BCUT2D eigenvalue weighted by Crippen LogP contribution is -2.42. The van der Waals surface area contributed by atoms with Gasteiger partial charge in [-0.3, -0.25) is 4.79 Å². The van der Waals surface area contributed by atoms with Gasteiger partial charge >= 0.3 is 5.97 Å². The van der Waals surface area contributed by atoms with Crippen molar-refractivity contribution in [2.75, 3.05) is 13.2 Å². The van der Waals surface area contributed by atoms with E-state index in [0.717, 1.165) is 12.5 Å². The number of carboxylic acids is 1. The van der Waals surface area contributed by atoms with Crippen LogP contribution in [0.25, 0.3) is 0 Å². The molecule has 0 aromatic heterocycles. The number of halogens is 1. The number of hydrogen-bond acceptors (Lipinski definition) is 4. The first kappa shape index (κ1) is 13.0. The van der Waals surface area contributed by atoms with Crippen LogP contribution in [-0.2, 0) is 10.2 Å². The molecule has 1 fully saturated rings. The molecule has 2 N–H and O–H groups in total. The maximum atomic E-state index is 13.9. The van der Waals surface area contributed by atoms with Crippen molar-refractivity contribution < 1.29 is 28.9 Å². The van der Waals surface area contributed by atoms with Gasteiger partial charge in [-0.2, -0.15) is 0 Å². The number of phenols is 1.